The number of carbonyl (C=O) groups is 2. The van der Waals surface area contributed by atoms with E-state index in [1.54, 1.807) is 22.4 Å². The predicted octanol–water partition coefficient (Wildman–Crippen LogP) is 3.92. The van der Waals surface area contributed by atoms with Crippen molar-refractivity contribution < 1.29 is 27.2 Å². The Hall–Kier alpha value is -3.15. The van der Waals surface area contributed by atoms with E-state index in [2.05, 4.69) is 15.4 Å². The lowest BCUT2D eigenvalue weighted by Gasteiger charge is -2.31. The van der Waals surface area contributed by atoms with Crippen molar-refractivity contribution in [1.29, 1.82) is 0 Å². The summed E-state index contributed by atoms with van der Waals surface area (Å²) in [5, 5.41) is 8.83. The summed E-state index contributed by atoms with van der Waals surface area (Å²) in [5.74, 6) is 0.131. The maximum Gasteiger partial charge on any atom is 0.435 e. The number of aryl methyl sites for hydroxylation is 1. The van der Waals surface area contributed by atoms with Gasteiger partial charge < -0.3 is 14.6 Å². The third-order valence-electron chi connectivity index (χ3n) is 5.26. The summed E-state index contributed by atoms with van der Waals surface area (Å²) in [5.41, 5.74) is -0.715. The van der Waals surface area contributed by atoms with Gasteiger partial charge in [0.25, 0.3) is 5.91 Å². The normalized spacial score (nSPS) is 15.2. The monoisotopic (exact) mass is 467 g/mol. The third-order valence-corrected chi connectivity index (χ3v) is 6.27. The molecular formula is C20H20F3N5O3S. The molecule has 0 spiro atoms. The minimum Gasteiger partial charge on any atom is -0.459 e. The number of rotatable bonds is 5. The van der Waals surface area contributed by atoms with Crippen LogP contribution in [0.25, 0.3) is 0 Å². The first-order valence-electron chi connectivity index (χ1n) is 9.90. The first-order valence-corrected chi connectivity index (χ1v) is 10.8. The van der Waals surface area contributed by atoms with Gasteiger partial charge >= 0.3 is 6.18 Å². The van der Waals surface area contributed by atoms with E-state index in [9.17, 15) is 22.8 Å². The molecule has 1 N–H and O–H groups in total. The number of likely N-dealkylation sites (tertiary alicyclic amines) is 1. The fraction of sp³-hybridized carbons (Fsp3) is 0.400. The second-order valence-electron chi connectivity index (χ2n) is 7.48. The van der Waals surface area contributed by atoms with Crippen LogP contribution in [0.1, 0.15) is 45.7 Å². The Balaban J connectivity index is 1.31. The molecule has 1 aliphatic rings. The Kier molecular flexibility index (Phi) is 6.04. The molecule has 3 aromatic heterocycles. The average molecular weight is 467 g/mol. The Labute approximate surface area is 185 Å². The molecule has 8 nitrogen and oxygen atoms in total. The smallest absolute Gasteiger partial charge is 0.435 e. The van der Waals surface area contributed by atoms with Gasteiger partial charge in [-0.3, -0.25) is 14.3 Å². The van der Waals surface area contributed by atoms with E-state index in [4.69, 9.17) is 4.42 Å². The van der Waals surface area contributed by atoms with E-state index < -0.39 is 11.9 Å². The summed E-state index contributed by atoms with van der Waals surface area (Å²) >= 11 is 1.43. The first kappa shape index (κ1) is 22.1. The van der Waals surface area contributed by atoms with Crippen molar-refractivity contribution in [3.05, 3.63) is 52.0 Å². The van der Waals surface area contributed by atoms with Gasteiger partial charge in [0.15, 0.2) is 11.5 Å². The first-order chi connectivity index (χ1) is 15.2. The summed E-state index contributed by atoms with van der Waals surface area (Å²) in [6.07, 6.45) is -1.77. The highest BCUT2D eigenvalue weighted by atomic mass is 32.1. The van der Waals surface area contributed by atoms with E-state index in [-0.39, 0.29) is 35.7 Å². The van der Waals surface area contributed by atoms with Crippen molar-refractivity contribution in [2.45, 2.75) is 38.4 Å². The SMILES string of the molecule is Cc1cc(C(F)(F)F)nn1CC(=O)N1CCC(c2nc(NC(=O)c3ccco3)cs2)CC1. The molecule has 2 amide bonds. The number of furan rings is 1. The molecule has 4 heterocycles. The van der Waals surface area contributed by atoms with Crippen molar-refractivity contribution >= 4 is 29.0 Å². The molecule has 170 valence electrons. The van der Waals surface area contributed by atoms with E-state index >= 15 is 0 Å². The number of halogens is 3. The zero-order valence-electron chi connectivity index (χ0n) is 17.1. The molecule has 1 aliphatic heterocycles. The van der Waals surface area contributed by atoms with Crippen molar-refractivity contribution in [2.24, 2.45) is 0 Å². The second-order valence-corrected chi connectivity index (χ2v) is 8.37. The van der Waals surface area contributed by atoms with Gasteiger partial charge in [-0.05, 0) is 38.0 Å². The third kappa shape index (κ3) is 4.85. The number of amides is 2. The number of hydrogen-bond donors (Lipinski definition) is 1. The van der Waals surface area contributed by atoms with Gasteiger partial charge in [0.2, 0.25) is 5.91 Å². The van der Waals surface area contributed by atoms with Crippen LogP contribution in [0.15, 0.2) is 34.3 Å². The van der Waals surface area contributed by atoms with Crippen LogP contribution in [0.4, 0.5) is 19.0 Å². The summed E-state index contributed by atoms with van der Waals surface area (Å²) in [4.78, 5) is 30.7. The maximum atomic E-state index is 12.8. The van der Waals surface area contributed by atoms with Gasteiger partial charge in [0.1, 0.15) is 12.4 Å². The molecule has 1 fully saturated rings. The fourth-order valence-corrected chi connectivity index (χ4v) is 4.45. The summed E-state index contributed by atoms with van der Waals surface area (Å²) in [6.45, 7) is 2.21. The minimum absolute atomic E-state index is 0.140. The zero-order chi connectivity index (χ0) is 22.9. The molecule has 1 saturated heterocycles. The standard InChI is InChI=1S/C20H20F3N5O3S/c1-12-9-15(20(21,22)23)26-28(12)10-17(29)27-6-4-13(5-7-27)19-25-16(11-32-19)24-18(30)14-3-2-8-31-14/h2-3,8-9,11,13H,4-7,10H2,1H3,(H,24,30). The highest BCUT2D eigenvalue weighted by Gasteiger charge is 2.35. The number of carbonyl (C=O) groups excluding carboxylic acids is 2. The fourth-order valence-electron chi connectivity index (χ4n) is 3.53. The largest absolute Gasteiger partial charge is 0.459 e. The Morgan fingerprint density at radius 2 is 2.06 bits per heavy atom. The van der Waals surface area contributed by atoms with Crippen molar-refractivity contribution in [1.82, 2.24) is 19.7 Å². The predicted molar refractivity (Wildman–Crippen MR) is 109 cm³/mol. The van der Waals surface area contributed by atoms with Gasteiger partial charge in [-0.2, -0.15) is 18.3 Å². The lowest BCUT2D eigenvalue weighted by molar-refractivity contribution is -0.142. The molecule has 0 radical (unpaired) electrons. The van der Waals surface area contributed by atoms with Gasteiger partial charge in [-0.25, -0.2) is 4.98 Å². The molecule has 0 saturated carbocycles. The van der Waals surface area contributed by atoms with E-state index in [1.165, 1.54) is 24.5 Å². The highest BCUT2D eigenvalue weighted by molar-refractivity contribution is 7.10. The summed E-state index contributed by atoms with van der Waals surface area (Å²) < 4.78 is 44.6. The quantitative estimate of drug-likeness (QED) is 0.614. The Morgan fingerprint density at radius 3 is 2.69 bits per heavy atom. The zero-order valence-corrected chi connectivity index (χ0v) is 17.9. The number of hydrogen-bond acceptors (Lipinski definition) is 6. The van der Waals surface area contributed by atoms with Crippen LogP contribution >= 0.6 is 11.3 Å². The summed E-state index contributed by atoms with van der Waals surface area (Å²) in [6, 6.07) is 4.12. The molecule has 32 heavy (non-hydrogen) atoms. The number of anilines is 1. The lowest BCUT2D eigenvalue weighted by Crippen LogP contribution is -2.40. The molecule has 0 bridgehead atoms. The number of thiazole rings is 1. The molecule has 0 atom stereocenters. The molecule has 0 aromatic carbocycles. The molecule has 4 rings (SSSR count). The summed E-state index contributed by atoms with van der Waals surface area (Å²) in [7, 11) is 0. The van der Waals surface area contributed by atoms with Crippen LogP contribution in [-0.4, -0.2) is 44.6 Å². The Bertz CT molecular complexity index is 1100. The minimum atomic E-state index is -4.54. The van der Waals surface area contributed by atoms with Crippen LogP contribution in [-0.2, 0) is 17.5 Å². The van der Waals surface area contributed by atoms with Crippen molar-refractivity contribution in [2.75, 3.05) is 18.4 Å². The maximum absolute atomic E-state index is 12.8. The van der Waals surface area contributed by atoms with Gasteiger partial charge in [0.05, 0.1) is 11.3 Å². The second kappa shape index (κ2) is 8.77. The van der Waals surface area contributed by atoms with Crippen LogP contribution in [0.2, 0.25) is 0 Å². The lowest BCUT2D eigenvalue weighted by atomic mass is 9.97. The molecule has 3 aromatic rings. The van der Waals surface area contributed by atoms with Gasteiger partial charge in [0, 0.05) is 30.1 Å². The van der Waals surface area contributed by atoms with Crippen molar-refractivity contribution in [3.63, 3.8) is 0 Å². The van der Waals surface area contributed by atoms with Crippen molar-refractivity contribution in [3.8, 4) is 0 Å². The number of piperidine rings is 1. The molecule has 12 heteroatoms. The van der Waals surface area contributed by atoms with Crippen LogP contribution in [0.5, 0.6) is 0 Å². The van der Waals surface area contributed by atoms with Gasteiger partial charge in [-0.1, -0.05) is 0 Å². The number of nitrogens with one attached hydrogen (secondary N) is 1. The molecular weight excluding hydrogens is 447 g/mol. The highest BCUT2D eigenvalue weighted by Crippen LogP contribution is 2.32. The molecule has 0 aliphatic carbocycles. The van der Waals surface area contributed by atoms with Crippen LogP contribution in [0, 0.1) is 6.92 Å². The van der Waals surface area contributed by atoms with Crippen LogP contribution in [0.3, 0.4) is 0 Å². The van der Waals surface area contributed by atoms with E-state index in [0.29, 0.717) is 31.7 Å². The molecule has 0 unspecified atom stereocenters. The van der Waals surface area contributed by atoms with Gasteiger partial charge in [-0.15, -0.1) is 11.3 Å². The number of alkyl halides is 3. The Morgan fingerprint density at radius 1 is 1.31 bits per heavy atom. The van der Waals surface area contributed by atoms with Crippen LogP contribution < -0.4 is 5.32 Å². The van der Waals surface area contributed by atoms with E-state index in [1.807, 2.05) is 0 Å². The average Bonchev–Trinajstić information content (AvgIpc) is 3.50. The number of aromatic nitrogens is 3. The number of nitrogens with zero attached hydrogens (tertiary/aromatic N) is 4. The van der Waals surface area contributed by atoms with E-state index in [0.717, 1.165) is 15.8 Å². The topological polar surface area (TPSA) is 93.3 Å².